The zero-order chi connectivity index (χ0) is 12.8. The number of aliphatic hydroxyl groups excluding tert-OH is 1. The van der Waals surface area contributed by atoms with Crippen LogP contribution in [0.5, 0.6) is 0 Å². The van der Waals surface area contributed by atoms with Gasteiger partial charge < -0.3 is 10.2 Å². The lowest BCUT2D eigenvalue weighted by molar-refractivity contribution is -0.136. The molecule has 1 aromatic carbocycles. The van der Waals surface area contributed by atoms with Gasteiger partial charge in [0.25, 0.3) is 0 Å². The maximum Gasteiger partial charge on any atom is 0.316 e. The molecule has 0 aliphatic rings. The molecular formula is C13H18O3S. The summed E-state index contributed by atoms with van der Waals surface area (Å²) in [6.45, 7) is 3.69. The van der Waals surface area contributed by atoms with Gasteiger partial charge in [0.1, 0.15) is 5.25 Å². The Morgan fingerprint density at radius 3 is 2.35 bits per heavy atom. The maximum atomic E-state index is 11.0. The summed E-state index contributed by atoms with van der Waals surface area (Å²) in [5.74, 6) is -0.767. The quantitative estimate of drug-likeness (QED) is 0.766. The molecule has 17 heavy (non-hydrogen) atoms. The van der Waals surface area contributed by atoms with Crippen LogP contribution < -0.4 is 0 Å². The van der Waals surface area contributed by atoms with Crippen molar-refractivity contribution < 1.29 is 15.0 Å². The van der Waals surface area contributed by atoms with E-state index in [9.17, 15) is 9.90 Å². The van der Waals surface area contributed by atoms with Crippen LogP contribution in [0.15, 0.2) is 29.2 Å². The van der Waals surface area contributed by atoms with Gasteiger partial charge in [0, 0.05) is 4.90 Å². The maximum absolute atomic E-state index is 11.0. The highest BCUT2D eigenvalue weighted by Crippen LogP contribution is 2.27. The lowest BCUT2D eigenvalue weighted by Gasteiger charge is -2.11. The molecule has 4 heteroatoms. The second-order valence-electron chi connectivity index (χ2n) is 3.98. The van der Waals surface area contributed by atoms with Gasteiger partial charge in [-0.1, -0.05) is 25.5 Å². The van der Waals surface area contributed by atoms with Gasteiger partial charge >= 0.3 is 5.97 Å². The molecule has 94 valence electrons. The van der Waals surface area contributed by atoms with Crippen LogP contribution >= 0.6 is 11.8 Å². The monoisotopic (exact) mass is 254 g/mol. The van der Waals surface area contributed by atoms with Crippen molar-refractivity contribution in [2.75, 3.05) is 0 Å². The Kier molecular flexibility index (Phi) is 5.51. The highest BCUT2D eigenvalue weighted by atomic mass is 32.2. The van der Waals surface area contributed by atoms with E-state index >= 15 is 0 Å². The van der Waals surface area contributed by atoms with E-state index in [-0.39, 0.29) is 0 Å². The number of hydrogen-bond acceptors (Lipinski definition) is 3. The number of carboxylic acid groups (broad SMARTS) is 1. The molecule has 0 heterocycles. The third kappa shape index (κ3) is 4.40. The molecule has 2 unspecified atom stereocenters. The first-order chi connectivity index (χ1) is 8.04. The number of carboxylic acids is 1. The lowest BCUT2D eigenvalue weighted by Crippen LogP contribution is -2.15. The minimum absolute atomic E-state index is 0.391. The molecular weight excluding hydrogens is 236 g/mol. The fourth-order valence-corrected chi connectivity index (χ4v) is 2.56. The minimum Gasteiger partial charge on any atom is -0.480 e. The van der Waals surface area contributed by atoms with E-state index in [0.717, 1.165) is 16.9 Å². The Morgan fingerprint density at radius 2 is 1.94 bits per heavy atom. The second kappa shape index (κ2) is 6.67. The van der Waals surface area contributed by atoms with E-state index < -0.39 is 17.3 Å². The predicted molar refractivity (Wildman–Crippen MR) is 69.3 cm³/mol. The van der Waals surface area contributed by atoms with Gasteiger partial charge in [0.15, 0.2) is 0 Å². The average Bonchev–Trinajstić information content (AvgIpc) is 2.29. The summed E-state index contributed by atoms with van der Waals surface area (Å²) in [4.78, 5) is 11.9. The van der Waals surface area contributed by atoms with E-state index in [2.05, 4.69) is 0 Å². The largest absolute Gasteiger partial charge is 0.480 e. The molecule has 1 rings (SSSR count). The molecule has 0 saturated heterocycles. The normalized spacial score (nSPS) is 14.3. The zero-order valence-corrected chi connectivity index (χ0v) is 10.9. The van der Waals surface area contributed by atoms with Crippen molar-refractivity contribution in [1.82, 2.24) is 0 Å². The number of rotatable bonds is 6. The summed E-state index contributed by atoms with van der Waals surface area (Å²) in [6, 6.07) is 7.38. The minimum atomic E-state index is -0.767. The van der Waals surface area contributed by atoms with Gasteiger partial charge in [0.05, 0.1) is 6.10 Å². The number of aliphatic hydroxyl groups is 1. The van der Waals surface area contributed by atoms with Crippen molar-refractivity contribution in [3.8, 4) is 0 Å². The zero-order valence-electron chi connectivity index (χ0n) is 10.1. The highest BCUT2D eigenvalue weighted by Gasteiger charge is 2.17. The molecule has 0 fully saturated rings. The van der Waals surface area contributed by atoms with E-state index in [1.165, 1.54) is 11.8 Å². The molecule has 0 aliphatic heterocycles. The van der Waals surface area contributed by atoms with Crippen LogP contribution in [0.2, 0.25) is 0 Å². The Hall–Kier alpha value is -1.00. The summed E-state index contributed by atoms with van der Waals surface area (Å²) < 4.78 is 0. The Labute approximate surface area is 106 Å². The number of benzene rings is 1. The van der Waals surface area contributed by atoms with Crippen molar-refractivity contribution in [1.29, 1.82) is 0 Å². The van der Waals surface area contributed by atoms with Gasteiger partial charge in [0.2, 0.25) is 0 Å². The van der Waals surface area contributed by atoms with Gasteiger partial charge in [-0.2, -0.15) is 0 Å². The van der Waals surface area contributed by atoms with Crippen molar-refractivity contribution in [2.45, 2.75) is 42.9 Å². The smallest absolute Gasteiger partial charge is 0.316 e. The molecule has 2 N–H and O–H groups in total. The fraction of sp³-hybridized carbons (Fsp3) is 0.462. The average molecular weight is 254 g/mol. The number of aliphatic carboxylic acids is 1. The predicted octanol–water partition coefficient (Wildman–Crippen LogP) is 3.09. The summed E-state index contributed by atoms with van der Waals surface area (Å²) in [5, 5.41) is 18.0. The molecule has 2 atom stereocenters. The van der Waals surface area contributed by atoms with Gasteiger partial charge in [-0.3, -0.25) is 4.79 Å². The Morgan fingerprint density at radius 1 is 1.35 bits per heavy atom. The van der Waals surface area contributed by atoms with E-state index in [1.807, 2.05) is 31.2 Å². The van der Waals surface area contributed by atoms with Crippen molar-refractivity contribution in [2.24, 2.45) is 0 Å². The number of thioether (sulfide) groups is 1. The Balaban J connectivity index is 2.70. The first-order valence-corrected chi connectivity index (χ1v) is 6.60. The molecule has 0 amide bonds. The SMILES string of the molecule is CCCC(Sc1ccc(C(C)O)cc1)C(=O)O. The second-order valence-corrected chi connectivity index (χ2v) is 5.25. The first kappa shape index (κ1) is 14.1. The summed E-state index contributed by atoms with van der Waals surface area (Å²) in [6.07, 6.45) is 1.04. The van der Waals surface area contributed by atoms with Crippen LogP contribution in [0.1, 0.15) is 38.4 Å². The first-order valence-electron chi connectivity index (χ1n) is 5.72. The van der Waals surface area contributed by atoms with Crippen LogP contribution in [0.3, 0.4) is 0 Å². The molecule has 0 spiro atoms. The number of carbonyl (C=O) groups is 1. The molecule has 0 aromatic heterocycles. The third-order valence-electron chi connectivity index (χ3n) is 2.47. The van der Waals surface area contributed by atoms with Crippen LogP contribution in [-0.2, 0) is 4.79 Å². The van der Waals surface area contributed by atoms with Gasteiger partial charge in [-0.05, 0) is 31.0 Å². The van der Waals surface area contributed by atoms with Gasteiger partial charge in [-0.15, -0.1) is 11.8 Å². The molecule has 1 aromatic rings. The highest BCUT2D eigenvalue weighted by molar-refractivity contribution is 8.00. The lowest BCUT2D eigenvalue weighted by atomic mass is 10.1. The van der Waals surface area contributed by atoms with Gasteiger partial charge in [-0.25, -0.2) is 0 Å². The van der Waals surface area contributed by atoms with Crippen LogP contribution in [0, 0.1) is 0 Å². The van der Waals surface area contributed by atoms with E-state index in [0.29, 0.717) is 6.42 Å². The molecule has 0 aliphatic carbocycles. The summed E-state index contributed by atoms with van der Waals surface area (Å²) in [7, 11) is 0. The van der Waals surface area contributed by atoms with Crippen LogP contribution in [0.4, 0.5) is 0 Å². The molecule has 3 nitrogen and oxygen atoms in total. The van der Waals surface area contributed by atoms with Crippen molar-refractivity contribution in [3.63, 3.8) is 0 Å². The van der Waals surface area contributed by atoms with Crippen molar-refractivity contribution >= 4 is 17.7 Å². The standard InChI is InChI=1S/C13H18O3S/c1-3-4-12(13(15)16)17-11-7-5-10(6-8-11)9(2)14/h5-9,12,14H,3-4H2,1-2H3,(H,15,16). The van der Waals surface area contributed by atoms with E-state index in [4.69, 9.17) is 5.11 Å². The fourth-order valence-electron chi connectivity index (χ4n) is 1.48. The Bertz CT molecular complexity index is 359. The van der Waals surface area contributed by atoms with Crippen LogP contribution in [-0.4, -0.2) is 21.4 Å². The third-order valence-corrected chi connectivity index (χ3v) is 3.73. The number of hydrogen-bond donors (Lipinski definition) is 2. The topological polar surface area (TPSA) is 57.5 Å². The van der Waals surface area contributed by atoms with Crippen LogP contribution in [0.25, 0.3) is 0 Å². The van der Waals surface area contributed by atoms with E-state index in [1.54, 1.807) is 6.92 Å². The van der Waals surface area contributed by atoms with Crippen molar-refractivity contribution in [3.05, 3.63) is 29.8 Å². The molecule has 0 bridgehead atoms. The summed E-state index contributed by atoms with van der Waals surface area (Å²) >= 11 is 1.36. The summed E-state index contributed by atoms with van der Waals surface area (Å²) in [5.41, 5.74) is 0.844. The molecule has 0 saturated carbocycles. The molecule has 0 radical (unpaired) electrons.